The van der Waals surface area contributed by atoms with Gasteiger partial charge < -0.3 is 30.2 Å². The molecule has 0 spiro atoms. The van der Waals surface area contributed by atoms with Gasteiger partial charge in [0.2, 0.25) is 11.9 Å². The molecule has 2 aromatic carbocycles. The van der Waals surface area contributed by atoms with Gasteiger partial charge in [-0.15, -0.1) is 0 Å². The molecule has 1 aliphatic rings. The van der Waals surface area contributed by atoms with Crippen molar-refractivity contribution < 1.29 is 9.53 Å². The first-order valence-corrected chi connectivity index (χ1v) is 13.3. The number of nitrogens with one attached hydrogen (secondary N) is 3. The first-order valence-electron chi connectivity index (χ1n) is 13.0. The summed E-state index contributed by atoms with van der Waals surface area (Å²) < 4.78 is 5.77. The van der Waals surface area contributed by atoms with Crippen LogP contribution in [0.1, 0.15) is 6.42 Å². The van der Waals surface area contributed by atoms with Gasteiger partial charge >= 0.3 is 0 Å². The number of amides is 1. The van der Waals surface area contributed by atoms with Gasteiger partial charge in [0, 0.05) is 53.9 Å². The molecule has 206 valence electrons. The number of likely N-dealkylation sites (N-methyl/N-ethyl adjacent to an activating group) is 1. The molecule has 1 atom stereocenters. The predicted molar refractivity (Wildman–Crippen MR) is 163 cm³/mol. The minimum atomic E-state index is -0.259. The summed E-state index contributed by atoms with van der Waals surface area (Å²) >= 11 is 6.54. The Morgan fingerprint density at radius 2 is 2.10 bits per heavy atom. The summed E-state index contributed by atoms with van der Waals surface area (Å²) in [6, 6.07) is 12.2. The Hall–Kier alpha value is -4.34. The number of carbonyl (C=O) groups excluding carboxylic acids is 1. The lowest BCUT2D eigenvalue weighted by atomic mass is 10.1. The molecule has 2 aromatic heterocycles. The van der Waals surface area contributed by atoms with E-state index in [0.717, 1.165) is 41.7 Å². The molecular formula is C30H32ClN7O2. The van der Waals surface area contributed by atoms with E-state index in [1.165, 1.54) is 6.08 Å². The standard InChI is InChI=1S/C30H32ClN7O2/c1-5-6-11-28(39)34-24-14-25(27(40-4)15-26(24)38-13-12-19(18-38)37(2)3)35-30-33-17-22(31)29(36-30)21-16-32-23-10-8-7-9-20(21)23/h5-11,14-17,19,32H,1,12-13,18H2,2-4H3,(H,34,39)(H,33,35,36)/b11-6-/t19-/m1/s1. The van der Waals surface area contributed by atoms with Crippen molar-refractivity contribution in [1.29, 1.82) is 0 Å². The minimum Gasteiger partial charge on any atom is -0.494 e. The van der Waals surface area contributed by atoms with Crippen LogP contribution < -0.4 is 20.3 Å². The summed E-state index contributed by atoms with van der Waals surface area (Å²) in [5.74, 6) is 0.675. The Bertz CT molecular complexity index is 1580. The van der Waals surface area contributed by atoms with Crippen molar-refractivity contribution in [1.82, 2.24) is 19.9 Å². The fourth-order valence-electron chi connectivity index (χ4n) is 4.91. The first-order chi connectivity index (χ1) is 19.4. The number of fused-ring (bicyclic) bond motifs is 1. The number of nitrogens with zero attached hydrogens (tertiary/aromatic N) is 4. The molecule has 1 amide bonds. The number of ether oxygens (including phenoxy) is 1. The van der Waals surface area contributed by atoms with Crippen molar-refractivity contribution in [2.24, 2.45) is 0 Å². The van der Waals surface area contributed by atoms with Gasteiger partial charge in [-0.1, -0.05) is 48.5 Å². The Labute approximate surface area is 238 Å². The van der Waals surface area contributed by atoms with E-state index in [2.05, 4.69) is 51.1 Å². The molecule has 1 saturated heterocycles. The average molecular weight is 558 g/mol. The number of hydrogen-bond donors (Lipinski definition) is 3. The fourth-order valence-corrected chi connectivity index (χ4v) is 5.11. The van der Waals surface area contributed by atoms with E-state index in [0.29, 0.717) is 39.8 Å². The van der Waals surface area contributed by atoms with E-state index in [1.807, 2.05) is 42.6 Å². The highest BCUT2D eigenvalue weighted by Gasteiger charge is 2.27. The molecule has 0 bridgehead atoms. The monoisotopic (exact) mass is 557 g/mol. The van der Waals surface area contributed by atoms with E-state index in [4.69, 9.17) is 21.3 Å². The van der Waals surface area contributed by atoms with E-state index in [1.54, 1.807) is 25.5 Å². The van der Waals surface area contributed by atoms with Gasteiger partial charge in [0.1, 0.15) is 5.75 Å². The highest BCUT2D eigenvalue weighted by Crippen LogP contribution is 2.40. The van der Waals surface area contributed by atoms with Gasteiger partial charge in [0.25, 0.3) is 0 Å². The smallest absolute Gasteiger partial charge is 0.248 e. The largest absolute Gasteiger partial charge is 0.494 e. The number of benzene rings is 2. The molecule has 1 fully saturated rings. The molecule has 40 heavy (non-hydrogen) atoms. The molecule has 0 radical (unpaired) electrons. The molecule has 4 aromatic rings. The SMILES string of the molecule is C=C/C=C\C(=O)Nc1cc(Nc2ncc(Cl)c(-c3c[nH]c4ccccc34)n2)c(OC)cc1N1CC[C@@H](N(C)C)C1. The second kappa shape index (κ2) is 11.8. The van der Waals surface area contributed by atoms with Crippen LogP contribution in [-0.2, 0) is 4.79 Å². The second-order valence-electron chi connectivity index (χ2n) is 9.77. The number of allylic oxidation sites excluding steroid dienone is 2. The van der Waals surface area contributed by atoms with Crippen LogP contribution in [0.25, 0.3) is 22.2 Å². The van der Waals surface area contributed by atoms with Gasteiger partial charge in [-0.3, -0.25) is 4.79 Å². The molecule has 3 heterocycles. The zero-order chi connectivity index (χ0) is 28.2. The van der Waals surface area contributed by atoms with Crippen LogP contribution in [0.4, 0.5) is 23.0 Å². The summed E-state index contributed by atoms with van der Waals surface area (Å²) in [5.41, 5.74) is 4.59. The molecule has 1 aliphatic heterocycles. The number of anilines is 4. The third-order valence-corrected chi connectivity index (χ3v) is 7.31. The number of halogens is 1. The van der Waals surface area contributed by atoms with Crippen LogP contribution in [0.5, 0.6) is 5.75 Å². The Kier molecular flexibility index (Phi) is 8.04. The predicted octanol–water partition coefficient (Wildman–Crippen LogP) is 5.85. The number of aromatic amines is 1. The van der Waals surface area contributed by atoms with Crippen LogP contribution in [0.3, 0.4) is 0 Å². The highest BCUT2D eigenvalue weighted by atomic mass is 35.5. The molecule has 0 unspecified atom stereocenters. The van der Waals surface area contributed by atoms with E-state index < -0.39 is 0 Å². The molecule has 5 rings (SSSR count). The van der Waals surface area contributed by atoms with Gasteiger partial charge in [-0.05, 0) is 32.6 Å². The van der Waals surface area contributed by atoms with Crippen molar-refractivity contribution in [3.63, 3.8) is 0 Å². The zero-order valence-corrected chi connectivity index (χ0v) is 23.5. The number of rotatable bonds is 9. The molecule has 0 saturated carbocycles. The number of hydrogen-bond acceptors (Lipinski definition) is 7. The average Bonchev–Trinajstić information content (AvgIpc) is 3.61. The fraction of sp³-hybridized carbons (Fsp3) is 0.233. The number of aromatic nitrogens is 3. The summed E-state index contributed by atoms with van der Waals surface area (Å²) in [7, 11) is 5.78. The van der Waals surface area contributed by atoms with E-state index in [-0.39, 0.29) is 5.91 Å². The van der Waals surface area contributed by atoms with Crippen LogP contribution in [0, 0.1) is 0 Å². The molecule has 3 N–H and O–H groups in total. The maximum atomic E-state index is 12.7. The Morgan fingerprint density at radius 3 is 2.85 bits per heavy atom. The van der Waals surface area contributed by atoms with E-state index >= 15 is 0 Å². The molecule has 10 heteroatoms. The third-order valence-electron chi connectivity index (χ3n) is 7.03. The molecule has 9 nitrogen and oxygen atoms in total. The van der Waals surface area contributed by atoms with Crippen molar-refractivity contribution in [2.45, 2.75) is 12.5 Å². The number of carbonyl (C=O) groups is 1. The second-order valence-corrected chi connectivity index (χ2v) is 10.2. The topological polar surface area (TPSA) is 98.4 Å². The highest BCUT2D eigenvalue weighted by molar-refractivity contribution is 6.33. The quantitative estimate of drug-likeness (QED) is 0.175. The maximum absolute atomic E-state index is 12.7. The summed E-state index contributed by atoms with van der Waals surface area (Å²) in [6.45, 7) is 5.34. The zero-order valence-electron chi connectivity index (χ0n) is 22.7. The van der Waals surface area contributed by atoms with Crippen LogP contribution in [-0.4, -0.2) is 66.1 Å². The van der Waals surface area contributed by atoms with Gasteiger partial charge in [0.05, 0.1) is 41.1 Å². The number of H-pyrrole nitrogens is 1. The van der Waals surface area contributed by atoms with Gasteiger partial charge in [0.15, 0.2) is 0 Å². The maximum Gasteiger partial charge on any atom is 0.248 e. The summed E-state index contributed by atoms with van der Waals surface area (Å²) in [5, 5.41) is 7.73. The first kappa shape index (κ1) is 27.2. The lowest BCUT2D eigenvalue weighted by Gasteiger charge is -2.25. The van der Waals surface area contributed by atoms with Crippen molar-refractivity contribution in [3.05, 3.63) is 78.6 Å². The molecular weight excluding hydrogens is 526 g/mol. The summed E-state index contributed by atoms with van der Waals surface area (Å²) in [6.07, 6.45) is 9.09. The number of methoxy groups -OCH3 is 1. The van der Waals surface area contributed by atoms with Crippen molar-refractivity contribution in [3.8, 4) is 17.0 Å². The third kappa shape index (κ3) is 5.66. The van der Waals surface area contributed by atoms with Crippen LogP contribution in [0.15, 0.2) is 73.6 Å². The Balaban J connectivity index is 1.52. The Morgan fingerprint density at radius 1 is 1.27 bits per heavy atom. The number of para-hydroxylation sites is 1. The normalized spacial score (nSPS) is 15.2. The van der Waals surface area contributed by atoms with Crippen LogP contribution >= 0.6 is 11.6 Å². The van der Waals surface area contributed by atoms with Gasteiger partial charge in [-0.25, -0.2) is 9.97 Å². The lowest BCUT2D eigenvalue weighted by molar-refractivity contribution is -0.111. The van der Waals surface area contributed by atoms with Crippen molar-refractivity contribution >= 4 is 51.4 Å². The summed E-state index contributed by atoms with van der Waals surface area (Å²) in [4.78, 5) is 29.6. The minimum absolute atomic E-state index is 0.259. The lowest BCUT2D eigenvalue weighted by Crippen LogP contribution is -2.31. The van der Waals surface area contributed by atoms with Crippen molar-refractivity contribution in [2.75, 3.05) is 49.8 Å². The van der Waals surface area contributed by atoms with E-state index in [9.17, 15) is 4.79 Å². The van der Waals surface area contributed by atoms with Gasteiger partial charge in [-0.2, -0.15) is 0 Å². The van der Waals surface area contributed by atoms with Crippen LogP contribution in [0.2, 0.25) is 5.02 Å². The molecule has 0 aliphatic carbocycles.